The fourth-order valence-electron chi connectivity index (χ4n) is 1.39. The van der Waals surface area contributed by atoms with Gasteiger partial charge < -0.3 is 0 Å². The summed E-state index contributed by atoms with van der Waals surface area (Å²) in [5.41, 5.74) is 0.298. The molecule has 1 rings (SSSR count). The van der Waals surface area contributed by atoms with E-state index in [1.807, 2.05) is 0 Å². The Bertz CT molecular complexity index is 447. The second-order valence-electron chi connectivity index (χ2n) is 4.20. The number of hydrogen-bond acceptors (Lipinski definition) is 2. The maximum atomic E-state index is 13.2. The summed E-state index contributed by atoms with van der Waals surface area (Å²) >= 11 is 0.510. The Morgan fingerprint density at radius 2 is 1.75 bits per heavy atom. The number of alkyl halides is 5. The molecule has 0 heterocycles. The van der Waals surface area contributed by atoms with E-state index < -0.39 is 35.3 Å². The van der Waals surface area contributed by atoms with Crippen LogP contribution in [0.5, 0.6) is 0 Å². The van der Waals surface area contributed by atoms with Gasteiger partial charge in [-0.2, -0.15) is 17.6 Å². The summed E-state index contributed by atoms with van der Waals surface area (Å²) in [4.78, 5) is 11.6. The summed E-state index contributed by atoms with van der Waals surface area (Å²) in [5, 5.41) is -0.488. The van der Waals surface area contributed by atoms with Gasteiger partial charge in [0.05, 0.1) is 0 Å². The molecular formula is C13H13F5OS. The summed E-state index contributed by atoms with van der Waals surface area (Å²) < 4.78 is 64.8. The molecule has 112 valence electrons. The number of carbonyl (C=O) groups is 1. The minimum atomic E-state index is -4.73. The Kier molecular flexibility index (Phi) is 5.56. The molecular weight excluding hydrogens is 299 g/mol. The minimum absolute atomic E-state index is 0.298. The van der Waals surface area contributed by atoms with Crippen molar-refractivity contribution in [2.45, 2.75) is 31.4 Å². The number of halogens is 5. The average molecular weight is 312 g/mol. The topological polar surface area (TPSA) is 17.1 Å². The molecule has 0 aromatic heterocycles. The van der Waals surface area contributed by atoms with E-state index in [1.54, 1.807) is 18.2 Å². The van der Waals surface area contributed by atoms with Crippen molar-refractivity contribution in [1.29, 1.82) is 0 Å². The number of rotatable bonds is 6. The highest BCUT2D eigenvalue weighted by Crippen LogP contribution is 2.41. The highest BCUT2D eigenvalue weighted by molar-refractivity contribution is 8.14. The maximum Gasteiger partial charge on any atom is 0.340 e. The normalized spacial score (nSPS) is 14.1. The molecule has 0 amide bonds. The van der Waals surface area contributed by atoms with Gasteiger partial charge in [-0.05, 0) is 6.92 Å². The van der Waals surface area contributed by atoms with Crippen molar-refractivity contribution in [1.82, 2.24) is 0 Å². The van der Waals surface area contributed by atoms with E-state index in [4.69, 9.17) is 0 Å². The molecule has 1 aromatic carbocycles. The van der Waals surface area contributed by atoms with Gasteiger partial charge in [0.1, 0.15) is 0 Å². The van der Waals surface area contributed by atoms with E-state index in [0.717, 1.165) is 0 Å². The molecule has 0 radical (unpaired) electrons. The summed E-state index contributed by atoms with van der Waals surface area (Å²) in [6.45, 7) is 0.385. The van der Waals surface area contributed by atoms with Crippen molar-refractivity contribution in [2.75, 3.05) is 5.75 Å². The van der Waals surface area contributed by atoms with Gasteiger partial charge >= 0.3 is 11.8 Å². The molecule has 0 bridgehead atoms. The first-order valence-electron chi connectivity index (χ1n) is 5.80. The Hall–Kier alpha value is -1.11. The Morgan fingerprint density at radius 3 is 2.25 bits per heavy atom. The van der Waals surface area contributed by atoms with Crippen LogP contribution in [0.1, 0.15) is 23.7 Å². The van der Waals surface area contributed by atoms with Gasteiger partial charge in [0.25, 0.3) is 0 Å². The molecule has 0 N–H and O–H groups in total. The van der Waals surface area contributed by atoms with Crippen LogP contribution >= 0.6 is 11.8 Å². The van der Waals surface area contributed by atoms with Crippen molar-refractivity contribution in [3.8, 4) is 0 Å². The molecule has 1 nitrogen and oxygen atoms in total. The number of benzene rings is 1. The molecule has 20 heavy (non-hydrogen) atoms. The van der Waals surface area contributed by atoms with E-state index in [-0.39, 0.29) is 0 Å². The lowest BCUT2D eigenvalue weighted by molar-refractivity contribution is -0.235. The Labute approximate surface area is 117 Å². The second-order valence-corrected chi connectivity index (χ2v) is 5.26. The van der Waals surface area contributed by atoms with Crippen LogP contribution in [0.2, 0.25) is 0 Å². The van der Waals surface area contributed by atoms with Crippen molar-refractivity contribution in [3.63, 3.8) is 0 Å². The van der Waals surface area contributed by atoms with Crippen LogP contribution in [-0.2, 0) is 0 Å². The quantitative estimate of drug-likeness (QED) is 0.715. The Morgan fingerprint density at radius 1 is 1.20 bits per heavy atom. The second kappa shape index (κ2) is 6.56. The van der Waals surface area contributed by atoms with Crippen LogP contribution in [0.3, 0.4) is 0 Å². The minimum Gasteiger partial charge on any atom is -0.282 e. The lowest BCUT2D eigenvalue weighted by Crippen LogP contribution is -2.47. The lowest BCUT2D eigenvalue weighted by atomic mass is 10.1. The van der Waals surface area contributed by atoms with E-state index in [0.29, 0.717) is 24.2 Å². The summed E-state index contributed by atoms with van der Waals surface area (Å²) in [5.74, 6) is -9.72. The molecule has 0 aliphatic heterocycles. The zero-order valence-corrected chi connectivity index (χ0v) is 11.4. The molecule has 0 spiro atoms. The van der Waals surface area contributed by atoms with E-state index in [2.05, 4.69) is 0 Å². The van der Waals surface area contributed by atoms with Crippen LogP contribution in [-0.4, -0.2) is 28.9 Å². The molecule has 7 heteroatoms. The molecule has 1 unspecified atom stereocenters. The maximum absolute atomic E-state index is 13.2. The zero-order chi connectivity index (χ0) is 15.4. The SMILES string of the molecule is CC(F)C(F)(F)C(F)(F)CCSC(=O)c1ccccc1. The smallest absolute Gasteiger partial charge is 0.282 e. The van der Waals surface area contributed by atoms with Gasteiger partial charge in [0, 0.05) is 17.7 Å². The molecule has 0 saturated heterocycles. The predicted molar refractivity (Wildman–Crippen MR) is 68.3 cm³/mol. The van der Waals surface area contributed by atoms with Crippen molar-refractivity contribution < 1.29 is 26.7 Å². The number of thioether (sulfide) groups is 1. The zero-order valence-electron chi connectivity index (χ0n) is 10.6. The third-order valence-corrected chi connectivity index (χ3v) is 3.55. The summed E-state index contributed by atoms with van der Waals surface area (Å²) in [7, 11) is 0. The van der Waals surface area contributed by atoms with Gasteiger partial charge in [0.2, 0.25) is 5.12 Å². The van der Waals surface area contributed by atoms with Crippen LogP contribution in [0.15, 0.2) is 30.3 Å². The highest BCUT2D eigenvalue weighted by Gasteiger charge is 2.59. The van der Waals surface area contributed by atoms with Crippen molar-refractivity contribution >= 4 is 16.9 Å². The van der Waals surface area contributed by atoms with E-state index in [1.165, 1.54) is 12.1 Å². The highest BCUT2D eigenvalue weighted by atomic mass is 32.2. The van der Waals surface area contributed by atoms with Crippen molar-refractivity contribution in [2.24, 2.45) is 0 Å². The van der Waals surface area contributed by atoms with Crippen LogP contribution in [0.4, 0.5) is 22.0 Å². The van der Waals surface area contributed by atoms with Crippen LogP contribution < -0.4 is 0 Å². The van der Waals surface area contributed by atoms with Gasteiger partial charge in [-0.15, -0.1) is 0 Å². The monoisotopic (exact) mass is 312 g/mol. The fourth-order valence-corrected chi connectivity index (χ4v) is 2.23. The van der Waals surface area contributed by atoms with Gasteiger partial charge in [0.15, 0.2) is 6.17 Å². The average Bonchev–Trinajstić information content (AvgIpc) is 2.39. The van der Waals surface area contributed by atoms with Crippen molar-refractivity contribution in [3.05, 3.63) is 35.9 Å². The molecule has 1 atom stereocenters. The predicted octanol–water partition coefficient (Wildman–Crippen LogP) is 4.58. The Balaban J connectivity index is 2.54. The summed E-state index contributed by atoms with van der Waals surface area (Å²) in [6, 6.07) is 7.86. The van der Waals surface area contributed by atoms with Gasteiger partial charge in [-0.25, -0.2) is 4.39 Å². The van der Waals surface area contributed by atoms with E-state index >= 15 is 0 Å². The third kappa shape index (κ3) is 3.94. The first-order chi connectivity index (χ1) is 9.18. The molecule has 0 aliphatic carbocycles. The fraction of sp³-hybridized carbons (Fsp3) is 0.462. The summed E-state index contributed by atoms with van der Waals surface area (Å²) in [6.07, 6.45) is -4.22. The van der Waals surface area contributed by atoms with E-state index in [9.17, 15) is 26.7 Å². The first-order valence-corrected chi connectivity index (χ1v) is 6.79. The largest absolute Gasteiger partial charge is 0.340 e. The first kappa shape index (κ1) is 16.9. The number of hydrogen-bond donors (Lipinski definition) is 0. The van der Waals surface area contributed by atoms with Crippen LogP contribution in [0.25, 0.3) is 0 Å². The van der Waals surface area contributed by atoms with Gasteiger partial charge in [-0.1, -0.05) is 42.1 Å². The third-order valence-electron chi connectivity index (χ3n) is 2.65. The number of carbonyl (C=O) groups excluding carboxylic acids is 1. The molecule has 0 saturated carbocycles. The lowest BCUT2D eigenvalue weighted by Gasteiger charge is -2.27. The molecule has 0 fully saturated rings. The van der Waals surface area contributed by atoms with Gasteiger partial charge in [-0.3, -0.25) is 4.79 Å². The molecule has 1 aromatic rings. The molecule has 0 aliphatic rings. The van der Waals surface area contributed by atoms with Crippen LogP contribution in [0, 0.1) is 0 Å². The standard InChI is InChI=1S/C13H13F5OS/c1-9(14)13(17,18)12(15,16)7-8-20-11(19)10-5-3-2-4-6-10/h2-6,9H,7-8H2,1H3.